The largest absolute Gasteiger partial charge is 0.447 e. The first kappa shape index (κ1) is 14.1. The van der Waals surface area contributed by atoms with Crippen LogP contribution in [0, 0.1) is 5.92 Å². The van der Waals surface area contributed by atoms with Gasteiger partial charge in [-0.1, -0.05) is 44.0 Å². The molecule has 2 aromatic rings. The highest BCUT2D eigenvalue weighted by molar-refractivity contribution is 9.24. The van der Waals surface area contributed by atoms with Gasteiger partial charge in [0.25, 0.3) is 0 Å². The molecule has 0 bridgehead atoms. The molecule has 1 aromatic carbocycles. The average Bonchev–Trinajstić information content (AvgIpc) is 3.22. The number of benzene rings is 1. The second-order valence-corrected chi connectivity index (χ2v) is 8.03. The topological polar surface area (TPSA) is 52.3 Å². The highest BCUT2D eigenvalue weighted by atomic mass is 79.9. The van der Waals surface area contributed by atoms with Crippen molar-refractivity contribution in [2.45, 2.75) is 29.6 Å². The van der Waals surface area contributed by atoms with Crippen LogP contribution < -0.4 is 10.4 Å². The number of rotatable bonds is 4. The van der Waals surface area contributed by atoms with Crippen LogP contribution in [-0.2, 0) is 0 Å². The summed E-state index contributed by atoms with van der Waals surface area (Å²) in [5.41, 5.74) is 0.957. The molecular formula is C14H13Br2NO3. The number of alkyl halides is 2. The molecule has 0 aliphatic heterocycles. The molecule has 3 rings (SSSR count). The van der Waals surface area contributed by atoms with Crippen LogP contribution >= 0.6 is 31.9 Å². The molecule has 4 nitrogen and oxygen atoms in total. The Bertz CT molecular complexity index is 694. The fraction of sp³-hybridized carbons (Fsp3) is 0.429. The van der Waals surface area contributed by atoms with Gasteiger partial charge in [-0.25, -0.2) is 4.79 Å². The summed E-state index contributed by atoms with van der Waals surface area (Å²) >= 11 is 6.80. The Morgan fingerprint density at radius 3 is 2.80 bits per heavy atom. The van der Waals surface area contributed by atoms with Crippen LogP contribution in [0.15, 0.2) is 27.4 Å². The second-order valence-electron chi connectivity index (χ2n) is 4.97. The van der Waals surface area contributed by atoms with E-state index in [1.54, 1.807) is 6.07 Å². The number of hydrogen-bond donors (Lipinski definition) is 0. The fourth-order valence-corrected chi connectivity index (χ4v) is 2.94. The Labute approximate surface area is 132 Å². The first-order valence-electron chi connectivity index (χ1n) is 6.45. The van der Waals surface area contributed by atoms with Crippen LogP contribution in [0.4, 0.5) is 0 Å². The fourth-order valence-electron chi connectivity index (χ4n) is 2.18. The molecule has 1 unspecified atom stereocenters. The molecule has 0 N–H and O–H groups in total. The zero-order valence-electron chi connectivity index (χ0n) is 10.8. The molecule has 20 heavy (non-hydrogen) atoms. The van der Waals surface area contributed by atoms with E-state index in [1.165, 1.54) is 0 Å². The number of fused-ring (bicyclic) bond motifs is 1. The molecule has 1 fully saturated rings. The zero-order chi connectivity index (χ0) is 14.3. The van der Waals surface area contributed by atoms with Gasteiger partial charge in [0.2, 0.25) is 0 Å². The monoisotopic (exact) mass is 401 g/mol. The van der Waals surface area contributed by atoms with E-state index >= 15 is 0 Å². The van der Waals surface area contributed by atoms with Crippen molar-refractivity contribution >= 4 is 42.8 Å². The van der Waals surface area contributed by atoms with Gasteiger partial charge in [0, 0.05) is 0 Å². The number of aromatic nitrogens is 1. The SMILES string of the molecule is CC(Oc1nc2cccc(C(Br)Br)c2c(=O)o1)C1CC1. The minimum Gasteiger partial charge on any atom is -0.447 e. The van der Waals surface area contributed by atoms with Crippen molar-refractivity contribution in [1.29, 1.82) is 0 Å². The van der Waals surface area contributed by atoms with Crippen LogP contribution in [0.5, 0.6) is 6.08 Å². The maximum absolute atomic E-state index is 12.2. The Morgan fingerprint density at radius 2 is 2.15 bits per heavy atom. The minimum absolute atomic E-state index is 0.0337. The summed E-state index contributed by atoms with van der Waals surface area (Å²) < 4.78 is 10.7. The van der Waals surface area contributed by atoms with Crippen molar-refractivity contribution < 1.29 is 9.15 Å². The predicted molar refractivity (Wildman–Crippen MR) is 83.7 cm³/mol. The normalized spacial score (nSPS) is 16.6. The molecule has 1 aliphatic rings. The van der Waals surface area contributed by atoms with Gasteiger partial charge in [0.05, 0.1) is 14.6 Å². The van der Waals surface area contributed by atoms with Gasteiger partial charge >= 0.3 is 11.7 Å². The van der Waals surface area contributed by atoms with E-state index in [1.807, 2.05) is 19.1 Å². The first-order chi connectivity index (χ1) is 9.56. The average molecular weight is 403 g/mol. The molecule has 6 heteroatoms. The molecule has 1 heterocycles. The van der Waals surface area contributed by atoms with Crippen molar-refractivity contribution in [2.75, 3.05) is 0 Å². The summed E-state index contributed by atoms with van der Waals surface area (Å²) in [5.74, 6) is 0.554. The van der Waals surface area contributed by atoms with Gasteiger partial charge in [-0.3, -0.25) is 0 Å². The van der Waals surface area contributed by atoms with Crippen LogP contribution in [0.1, 0.15) is 29.1 Å². The Balaban J connectivity index is 2.03. The molecule has 1 aromatic heterocycles. The summed E-state index contributed by atoms with van der Waals surface area (Å²) in [6.45, 7) is 1.98. The summed E-state index contributed by atoms with van der Waals surface area (Å²) in [4.78, 5) is 16.5. The van der Waals surface area contributed by atoms with E-state index in [9.17, 15) is 4.79 Å². The van der Waals surface area contributed by atoms with Crippen LogP contribution in [0.2, 0.25) is 0 Å². The zero-order valence-corrected chi connectivity index (χ0v) is 14.0. The third-order valence-corrected chi connectivity index (χ3v) is 4.46. The van der Waals surface area contributed by atoms with Crippen molar-refractivity contribution in [1.82, 2.24) is 4.98 Å². The van der Waals surface area contributed by atoms with Gasteiger partial charge in [-0.05, 0) is 37.3 Å². The highest BCUT2D eigenvalue weighted by Gasteiger charge is 2.30. The molecule has 0 spiro atoms. The summed E-state index contributed by atoms with van der Waals surface area (Å²) in [5, 5.41) is 0.470. The molecule has 1 saturated carbocycles. The van der Waals surface area contributed by atoms with E-state index in [-0.39, 0.29) is 15.9 Å². The Morgan fingerprint density at radius 1 is 1.40 bits per heavy atom. The van der Waals surface area contributed by atoms with Gasteiger partial charge in [0.15, 0.2) is 0 Å². The summed E-state index contributed by atoms with van der Waals surface area (Å²) in [6, 6.07) is 5.49. The smallest absolute Gasteiger partial charge is 0.397 e. The van der Waals surface area contributed by atoms with Crippen molar-refractivity contribution in [2.24, 2.45) is 5.92 Å². The minimum atomic E-state index is -0.424. The molecule has 1 atom stereocenters. The maximum atomic E-state index is 12.2. The third-order valence-electron chi connectivity index (χ3n) is 3.48. The second kappa shape index (κ2) is 5.48. The molecule has 106 valence electrons. The van der Waals surface area contributed by atoms with E-state index in [0.29, 0.717) is 16.8 Å². The Hall–Kier alpha value is -0.880. The summed E-state index contributed by atoms with van der Waals surface area (Å²) in [7, 11) is 0. The Kier molecular flexibility index (Phi) is 3.86. The number of halogens is 2. The van der Waals surface area contributed by atoms with Crippen molar-refractivity contribution in [3.63, 3.8) is 0 Å². The maximum Gasteiger partial charge on any atom is 0.397 e. The standard InChI is InChI=1S/C14H13Br2NO3/c1-7(8-5-6-8)19-14-17-10-4-2-3-9(12(15)16)11(10)13(18)20-14/h2-4,7-8,12H,5-6H2,1H3. The van der Waals surface area contributed by atoms with Crippen LogP contribution in [-0.4, -0.2) is 11.1 Å². The van der Waals surface area contributed by atoms with Gasteiger partial charge in [0.1, 0.15) is 6.10 Å². The number of nitrogens with zero attached hydrogens (tertiary/aromatic N) is 1. The van der Waals surface area contributed by atoms with E-state index in [2.05, 4.69) is 36.8 Å². The van der Waals surface area contributed by atoms with Crippen molar-refractivity contribution in [3.8, 4) is 6.08 Å². The highest BCUT2D eigenvalue weighted by Crippen LogP contribution is 2.35. The lowest BCUT2D eigenvalue weighted by atomic mass is 10.1. The summed E-state index contributed by atoms with van der Waals surface area (Å²) in [6.07, 6.45) is 2.42. The van der Waals surface area contributed by atoms with E-state index in [4.69, 9.17) is 9.15 Å². The number of ether oxygens (including phenoxy) is 1. The first-order valence-corrected chi connectivity index (χ1v) is 8.28. The molecule has 0 saturated heterocycles. The number of hydrogen-bond acceptors (Lipinski definition) is 4. The van der Waals surface area contributed by atoms with Crippen LogP contribution in [0.25, 0.3) is 10.9 Å². The van der Waals surface area contributed by atoms with E-state index in [0.717, 1.165) is 18.4 Å². The lowest BCUT2D eigenvalue weighted by Gasteiger charge is -2.12. The lowest BCUT2D eigenvalue weighted by molar-refractivity contribution is 0.136. The third kappa shape index (κ3) is 2.76. The lowest BCUT2D eigenvalue weighted by Crippen LogP contribution is -2.16. The van der Waals surface area contributed by atoms with Crippen LogP contribution in [0.3, 0.4) is 0 Å². The van der Waals surface area contributed by atoms with Crippen molar-refractivity contribution in [3.05, 3.63) is 34.2 Å². The van der Waals surface area contributed by atoms with Gasteiger partial charge < -0.3 is 9.15 Å². The van der Waals surface area contributed by atoms with Gasteiger partial charge in [-0.15, -0.1) is 0 Å². The predicted octanol–water partition coefficient (Wildman–Crippen LogP) is 4.15. The molecule has 0 amide bonds. The van der Waals surface area contributed by atoms with Gasteiger partial charge in [-0.2, -0.15) is 4.98 Å². The molecule has 0 radical (unpaired) electrons. The van der Waals surface area contributed by atoms with E-state index < -0.39 is 5.63 Å². The molecular weight excluding hydrogens is 390 g/mol. The quantitative estimate of drug-likeness (QED) is 0.720. The molecule has 1 aliphatic carbocycles.